The molecule has 0 bridgehead atoms. The summed E-state index contributed by atoms with van der Waals surface area (Å²) in [6, 6.07) is 1.77. The standard InChI is InChI=1S/C17H24N6O4S/c1-12-19-16(27-21-12)17-9-14(8-13(17)10-23(11-17)28(2,25)26)20-15(24)4-7-22-6-3-5-18-22/h3,5-6,13-14H,4,7-11H2,1-2H3,(H,20,24)/t13-,14+,17-/m0/s1. The molecule has 28 heavy (non-hydrogen) atoms. The van der Waals surface area contributed by atoms with Crippen molar-refractivity contribution in [2.45, 2.75) is 44.2 Å². The van der Waals surface area contributed by atoms with Crippen LogP contribution in [0.4, 0.5) is 0 Å². The maximum atomic E-state index is 12.4. The van der Waals surface area contributed by atoms with E-state index in [2.05, 4.69) is 20.6 Å². The van der Waals surface area contributed by atoms with Gasteiger partial charge in [0.05, 0.1) is 11.7 Å². The molecule has 0 spiro atoms. The first-order valence-electron chi connectivity index (χ1n) is 9.29. The van der Waals surface area contributed by atoms with Crippen molar-refractivity contribution >= 4 is 15.9 Å². The lowest BCUT2D eigenvalue weighted by molar-refractivity contribution is -0.122. The Morgan fingerprint density at radius 1 is 1.46 bits per heavy atom. The lowest BCUT2D eigenvalue weighted by Gasteiger charge is -2.24. The monoisotopic (exact) mass is 408 g/mol. The fourth-order valence-electron chi connectivity index (χ4n) is 4.47. The Hall–Kier alpha value is -2.27. The van der Waals surface area contributed by atoms with E-state index in [1.807, 2.05) is 12.3 Å². The first-order valence-corrected chi connectivity index (χ1v) is 11.1. The molecule has 1 aliphatic heterocycles. The van der Waals surface area contributed by atoms with Crippen LogP contribution < -0.4 is 5.32 Å². The molecule has 3 atom stereocenters. The number of fused-ring (bicyclic) bond motifs is 1. The highest BCUT2D eigenvalue weighted by atomic mass is 32.2. The number of carbonyl (C=O) groups is 1. The van der Waals surface area contributed by atoms with E-state index in [9.17, 15) is 13.2 Å². The van der Waals surface area contributed by atoms with Gasteiger partial charge >= 0.3 is 0 Å². The van der Waals surface area contributed by atoms with Crippen LogP contribution in [0.5, 0.6) is 0 Å². The second-order valence-electron chi connectivity index (χ2n) is 7.78. The Morgan fingerprint density at radius 2 is 2.29 bits per heavy atom. The van der Waals surface area contributed by atoms with Crippen LogP contribution in [0.1, 0.15) is 31.0 Å². The highest BCUT2D eigenvalue weighted by Crippen LogP contribution is 2.50. The molecule has 2 aromatic rings. The minimum atomic E-state index is -3.31. The number of hydrogen-bond acceptors (Lipinski definition) is 7. The van der Waals surface area contributed by atoms with Crippen molar-refractivity contribution in [1.29, 1.82) is 0 Å². The molecule has 152 valence electrons. The Bertz CT molecular complexity index is 956. The number of aromatic nitrogens is 4. The maximum absolute atomic E-state index is 12.4. The summed E-state index contributed by atoms with van der Waals surface area (Å²) in [6.07, 6.45) is 6.32. The summed E-state index contributed by atoms with van der Waals surface area (Å²) in [6.45, 7) is 2.97. The number of nitrogens with one attached hydrogen (secondary N) is 1. The molecule has 0 radical (unpaired) electrons. The average molecular weight is 408 g/mol. The first kappa shape index (κ1) is 19.1. The predicted octanol–water partition coefficient (Wildman–Crippen LogP) is 0.0726. The highest BCUT2D eigenvalue weighted by Gasteiger charge is 2.58. The van der Waals surface area contributed by atoms with Gasteiger partial charge in [-0.25, -0.2) is 12.7 Å². The lowest BCUT2D eigenvalue weighted by atomic mass is 9.80. The molecule has 3 heterocycles. The van der Waals surface area contributed by atoms with Crippen LogP contribution in [-0.2, 0) is 26.8 Å². The number of rotatable bonds is 6. The van der Waals surface area contributed by atoms with Gasteiger partial charge in [-0.15, -0.1) is 0 Å². The number of carbonyl (C=O) groups excluding carboxylic acids is 1. The van der Waals surface area contributed by atoms with Crippen LogP contribution in [0.15, 0.2) is 23.0 Å². The molecule has 2 aromatic heterocycles. The third kappa shape index (κ3) is 3.55. The summed E-state index contributed by atoms with van der Waals surface area (Å²) < 4.78 is 32.8. The molecule has 0 unspecified atom stereocenters. The summed E-state index contributed by atoms with van der Waals surface area (Å²) in [5.41, 5.74) is -0.551. The molecular formula is C17H24N6O4S. The molecule has 2 aliphatic rings. The normalized spacial score (nSPS) is 27.8. The van der Waals surface area contributed by atoms with Crippen molar-refractivity contribution in [3.05, 3.63) is 30.2 Å². The minimum absolute atomic E-state index is 0.0264. The fourth-order valence-corrected chi connectivity index (χ4v) is 5.38. The van der Waals surface area contributed by atoms with Gasteiger partial charge in [-0.3, -0.25) is 9.48 Å². The predicted molar refractivity (Wildman–Crippen MR) is 98.6 cm³/mol. The van der Waals surface area contributed by atoms with E-state index in [0.29, 0.717) is 50.6 Å². The highest BCUT2D eigenvalue weighted by molar-refractivity contribution is 7.88. The van der Waals surface area contributed by atoms with Crippen LogP contribution in [0.3, 0.4) is 0 Å². The van der Waals surface area contributed by atoms with Gasteiger partial charge in [-0.05, 0) is 31.7 Å². The van der Waals surface area contributed by atoms with Gasteiger partial charge in [0, 0.05) is 44.5 Å². The summed E-state index contributed by atoms with van der Waals surface area (Å²) in [5, 5.41) is 11.1. The maximum Gasteiger partial charge on any atom is 0.234 e. The van der Waals surface area contributed by atoms with E-state index in [1.54, 1.807) is 17.8 Å². The number of nitrogens with zero attached hydrogens (tertiary/aromatic N) is 5. The zero-order valence-electron chi connectivity index (χ0n) is 15.9. The molecule has 4 rings (SSSR count). The third-order valence-electron chi connectivity index (χ3n) is 5.76. The Labute approximate surface area is 163 Å². The van der Waals surface area contributed by atoms with Gasteiger partial charge in [0.15, 0.2) is 5.82 Å². The lowest BCUT2D eigenvalue weighted by Crippen LogP contribution is -2.39. The van der Waals surface area contributed by atoms with Gasteiger partial charge in [0.1, 0.15) is 0 Å². The average Bonchev–Trinajstić information content (AvgIpc) is 3.34. The molecule has 1 amide bonds. The molecule has 1 aliphatic carbocycles. The molecule has 0 aromatic carbocycles. The van der Waals surface area contributed by atoms with Crippen LogP contribution in [-0.4, -0.2) is 63.9 Å². The first-order chi connectivity index (χ1) is 13.3. The smallest absolute Gasteiger partial charge is 0.234 e. The van der Waals surface area contributed by atoms with Crippen molar-refractivity contribution in [2.75, 3.05) is 19.3 Å². The number of sulfonamides is 1. The molecular weight excluding hydrogens is 384 g/mol. The van der Waals surface area contributed by atoms with Crippen molar-refractivity contribution in [3.8, 4) is 0 Å². The van der Waals surface area contributed by atoms with Gasteiger partial charge in [-0.1, -0.05) is 5.16 Å². The van der Waals surface area contributed by atoms with Crippen molar-refractivity contribution in [3.63, 3.8) is 0 Å². The van der Waals surface area contributed by atoms with E-state index < -0.39 is 15.4 Å². The SMILES string of the molecule is Cc1noc([C@]23C[C@H](NC(=O)CCn4cccn4)C[C@H]2CN(S(C)(=O)=O)C3)n1. The summed E-state index contributed by atoms with van der Waals surface area (Å²) in [5.74, 6) is 0.970. The van der Waals surface area contributed by atoms with Crippen LogP contribution in [0.25, 0.3) is 0 Å². The molecule has 2 fully saturated rings. The van der Waals surface area contributed by atoms with Gasteiger partial charge in [0.25, 0.3) is 0 Å². The van der Waals surface area contributed by atoms with Crippen molar-refractivity contribution < 1.29 is 17.7 Å². The van der Waals surface area contributed by atoms with Crippen LogP contribution in [0.2, 0.25) is 0 Å². The second kappa shape index (κ2) is 6.96. The summed E-state index contributed by atoms with van der Waals surface area (Å²) >= 11 is 0. The Balaban J connectivity index is 1.47. The quantitative estimate of drug-likeness (QED) is 0.717. The summed E-state index contributed by atoms with van der Waals surface area (Å²) in [7, 11) is -3.31. The fraction of sp³-hybridized carbons (Fsp3) is 0.647. The zero-order chi connectivity index (χ0) is 19.9. The van der Waals surface area contributed by atoms with Gasteiger partial charge in [0.2, 0.25) is 21.8 Å². The van der Waals surface area contributed by atoms with Crippen molar-refractivity contribution in [1.82, 2.24) is 29.5 Å². The van der Waals surface area contributed by atoms with Crippen LogP contribution >= 0.6 is 0 Å². The molecule has 1 N–H and O–H groups in total. The molecule has 10 nitrogen and oxygen atoms in total. The Morgan fingerprint density at radius 3 is 2.93 bits per heavy atom. The second-order valence-corrected chi connectivity index (χ2v) is 9.76. The minimum Gasteiger partial charge on any atom is -0.353 e. The zero-order valence-corrected chi connectivity index (χ0v) is 16.7. The van der Waals surface area contributed by atoms with E-state index in [4.69, 9.17) is 4.52 Å². The molecule has 1 saturated carbocycles. The number of amides is 1. The van der Waals surface area contributed by atoms with E-state index in [0.717, 1.165) is 0 Å². The molecule has 1 saturated heterocycles. The molecule has 11 heteroatoms. The van der Waals surface area contributed by atoms with Crippen LogP contribution in [0, 0.1) is 12.8 Å². The number of hydrogen-bond donors (Lipinski definition) is 1. The topological polar surface area (TPSA) is 123 Å². The third-order valence-corrected chi connectivity index (χ3v) is 6.97. The Kier molecular flexibility index (Phi) is 4.74. The summed E-state index contributed by atoms with van der Waals surface area (Å²) in [4.78, 5) is 16.8. The van der Waals surface area contributed by atoms with Gasteiger partial charge < -0.3 is 9.84 Å². The number of aryl methyl sites for hydroxylation is 2. The van der Waals surface area contributed by atoms with E-state index in [1.165, 1.54) is 10.6 Å². The van der Waals surface area contributed by atoms with Crippen molar-refractivity contribution in [2.24, 2.45) is 5.92 Å². The van der Waals surface area contributed by atoms with Gasteiger partial charge in [-0.2, -0.15) is 10.1 Å². The van der Waals surface area contributed by atoms with E-state index in [-0.39, 0.29) is 17.9 Å². The largest absolute Gasteiger partial charge is 0.353 e. The van der Waals surface area contributed by atoms with E-state index >= 15 is 0 Å².